The molecule has 1 aromatic rings. The van der Waals surface area contributed by atoms with Crippen LogP contribution in [0.4, 0.5) is 0 Å². The molecule has 1 aromatic carbocycles. The van der Waals surface area contributed by atoms with Crippen LogP contribution >= 0.6 is 24.8 Å². The van der Waals surface area contributed by atoms with Gasteiger partial charge in [0, 0.05) is 33.2 Å². The Bertz CT molecular complexity index is 547. The predicted octanol–water partition coefficient (Wildman–Crippen LogP) is 2.19. The zero-order valence-electron chi connectivity index (χ0n) is 15.6. The van der Waals surface area contributed by atoms with Crippen LogP contribution < -0.4 is 5.32 Å². The van der Waals surface area contributed by atoms with Gasteiger partial charge in [-0.3, -0.25) is 9.69 Å². The number of amides is 1. The average Bonchev–Trinajstić information content (AvgIpc) is 3.02. The molecule has 1 N–H and O–H groups in total. The highest BCUT2D eigenvalue weighted by Crippen LogP contribution is 2.20. The fraction of sp³-hybridized carbons (Fsp3) is 0.632. The lowest BCUT2D eigenvalue weighted by Crippen LogP contribution is -2.56. The Morgan fingerprint density at radius 1 is 1.31 bits per heavy atom. The lowest BCUT2D eigenvalue weighted by Gasteiger charge is -2.33. The molecule has 0 aliphatic carbocycles. The van der Waals surface area contributed by atoms with E-state index in [0.717, 1.165) is 39.1 Å². The number of halogens is 2. The summed E-state index contributed by atoms with van der Waals surface area (Å²) >= 11 is 0. The molecule has 2 heterocycles. The van der Waals surface area contributed by atoms with Gasteiger partial charge in [-0.25, -0.2) is 0 Å². The number of rotatable bonds is 5. The fourth-order valence-corrected chi connectivity index (χ4v) is 3.77. The molecule has 0 aromatic heterocycles. The number of likely N-dealkylation sites (tertiary alicyclic amines) is 1. The highest BCUT2D eigenvalue weighted by molar-refractivity contribution is 5.85. The second kappa shape index (κ2) is 11.1. The predicted molar refractivity (Wildman–Crippen MR) is 109 cm³/mol. The van der Waals surface area contributed by atoms with Crippen LogP contribution in [-0.2, 0) is 16.1 Å². The molecule has 3 atom stereocenters. The number of carbonyl (C=O) groups is 1. The molecule has 1 amide bonds. The summed E-state index contributed by atoms with van der Waals surface area (Å²) in [5.41, 5.74) is 1.36. The summed E-state index contributed by atoms with van der Waals surface area (Å²) in [6.45, 7) is 7.42. The van der Waals surface area contributed by atoms with Crippen LogP contribution in [0.5, 0.6) is 0 Å². The smallest absolute Gasteiger partial charge is 0.242 e. The van der Waals surface area contributed by atoms with Gasteiger partial charge in [0.15, 0.2) is 0 Å². The second-order valence-electron chi connectivity index (χ2n) is 7.10. The molecule has 2 aliphatic heterocycles. The molecule has 0 bridgehead atoms. The summed E-state index contributed by atoms with van der Waals surface area (Å²) in [5, 5.41) is 3.29. The summed E-state index contributed by atoms with van der Waals surface area (Å²) in [6.07, 6.45) is 1.11. The van der Waals surface area contributed by atoms with E-state index in [1.165, 1.54) is 5.56 Å². The quantitative estimate of drug-likeness (QED) is 0.817. The molecule has 7 heteroatoms. The summed E-state index contributed by atoms with van der Waals surface area (Å²) < 4.78 is 5.60. The number of nitrogens with one attached hydrogen (secondary N) is 1. The number of carbonyl (C=O) groups excluding carboxylic acids is 1. The van der Waals surface area contributed by atoms with E-state index in [1.807, 2.05) is 18.9 Å². The minimum Gasteiger partial charge on any atom is -0.375 e. The molecule has 148 valence electrons. The number of hydrogen-bond donors (Lipinski definition) is 1. The second-order valence-corrected chi connectivity index (χ2v) is 7.10. The normalized spacial score (nSPS) is 25.8. The van der Waals surface area contributed by atoms with Gasteiger partial charge in [0.2, 0.25) is 5.91 Å². The number of hydrogen-bond acceptors (Lipinski definition) is 4. The van der Waals surface area contributed by atoms with Crippen LogP contribution in [0.1, 0.15) is 18.9 Å². The summed E-state index contributed by atoms with van der Waals surface area (Å²) in [6, 6.07) is 10.4. The maximum Gasteiger partial charge on any atom is 0.242 e. The van der Waals surface area contributed by atoms with E-state index in [1.54, 1.807) is 0 Å². The minimum absolute atomic E-state index is 0. The average molecular weight is 404 g/mol. The SMILES string of the molecule is C[C@H]1OCCN[C@@H]1C(=O)N(C)CC1CCN(Cc2ccccc2)C1.Cl.Cl. The lowest BCUT2D eigenvalue weighted by molar-refractivity contribution is -0.138. The van der Waals surface area contributed by atoms with Crippen molar-refractivity contribution in [2.45, 2.75) is 32.0 Å². The van der Waals surface area contributed by atoms with Crippen molar-refractivity contribution in [1.82, 2.24) is 15.1 Å². The first-order chi connectivity index (χ1) is 11.6. The molecule has 2 aliphatic rings. The van der Waals surface area contributed by atoms with Gasteiger partial charge in [0.05, 0.1) is 12.7 Å². The van der Waals surface area contributed by atoms with Crippen molar-refractivity contribution < 1.29 is 9.53 Å². The summed E-state index contributed by atoms with van der Waals surface area (Å²) in [5.74, 6) is 0.714. The van der Waals surface area contributed by atoms with E-state index in [4.69, 9.17) is 4.74 Å². The first-order valence-electron chi connectivity index (χ1n) is 8.99. The van der Waals surface area contributed by atoms with E-state index < -0.39 is 0 Å². The molecule has 26 heavy (non-hydrogen) atoms. The third kappa shape index (κ3) is 6.10. The minimum atomic E-state index is -0.203. The Morgan fingerprint density at radius 2 is 2.04 bits per heavy atom. The summed E-state index contributed by atoms with van der Waals surface area (Å²) in [4.78, 5) is 17.0. The maximum atomic E-state index is 12.6. The third-order valence-electron chi connectivity index (χ3n) is 5.11. The Labute approximate surface area is 169 Å². The first kappa shape index (κ1) is 23.2. The van der Waals surface area contributed by atoms with Crippen molar-refractivity contribution in [3.63, 3.8) is 0 Å². The van der Waals surface area contributed by atoms with Crippen molar-refractivity contribution in [3.8, 4) is 0 Å². The van der Waals surface area contributed by atoms with Gasteiger partial charge in [-0.1, -0.05) is 30.3 Å². The number of morpholine rings is 1. The van der Waals surface area contributed by atoms with Gasteiger partial charge in [-0.2, -0.15) is 0 Å². The van der Waals surface area contributed by atoms with Crippen molar-refractivity contribution in [2.24, 2.45) is 5.92 Å². The largest absolute Gasteiger partial charge is 0.375 e. The van der Waals surface area contributed by atoms with E-state index >= 15 is 0 Å². The maximum absolute atomic E-state index is 12.6. The lowest BCUT2D eigenvalue weighted by atomic mass is 10.1. The van der Waals surface area contributed by atoms with Crippen LogP contribution in [0.25, 0.3) is 0 Å². The Kier molecular flexibility index (Phi) is 9.90. The molecule has 0 spiro atoms. The zero-order chi connectivity index (χ0) is 16.9. The van der Waals surface area contributed by atoms with Crippen molar-refractivity contribution >= 4 is 30.7 Å². The molecule has 0 radical (unpaired) electrons. The van der Waals surface area contributed by atoms with Crippen LogP contribution in [-0.4, -0.2) is 67.7 Å². The molecule has 1 unspecified atom stereocenters. The summed E-state index contributed by atoms with van der Waals surface area (Å²) in [7, 11) is 1.92. The van der Waals surface area contributed by atoms with Gasteiger partial charge in [0.25, 0.3) is 0 Å². The van der Waals surface area contributed by atoms with Gasteiger partial charge >= 0.3 is 0 Å². The number of nitrogens with zero attached hydrogens (tertiary/aromatic N) is 2. The van der Waals surface area contributed by atoms with Crippen molar-refractivity contribution in [3.05, 3.63) is 35.9 Å². The van der Waals surface area contributed by atoms with E-state index in [9.17, 15) is 4.79 Å². The molecule has 5 nitrogen and oxygen atoms in total. The molecule has 3 rings (SSSR count). The number of benzene rings is 1. The van der Waals surface area contributed by atoms with Crippen molar-refractivity contribution in [2.75, 3.05) is 39.8 Å². The highest BCUT2D eigenvalue weighted by Gasteiger charge is 2.32. The standard InChI is InChI=1S/C19H29N3O2.2ClH/c1-15-18(20-9-11-24-15)19(23)21(2)12-17-8-10-22(14-17)13-16-6-4-3-5-7-16;;/h3-7,15,17-18,20H,8-14H2,1-2H3;2*1H/t15-,17?,18+;;/m1../s1. The van der Waals surface area contributed by atoms with Crippen molar-refractivity contribution in [1.29, 1.82) is 0 Å². The molecular weight excluding hydrogens is 373 g/mol. The molecule has 0 saturated carbocycles. The molecular formula is C19H31Cl2N3O2. The van der Waals surface area contributed by atoms with Gasteiger partial charge in [0.1, 0.15) is 6.04 Å². The fourth-order valence-electron chi connectivity index (χ4n) is 3.77. The third-order valence-corrected chi connectivity index (χ3v) is 5.11. The monoisotopic (exact) mass is 403 g/mol. The molecule has 2 fully saturated rings. The van der Waals surface area contributed by atoms with E-state index in [0.29, 0.717) is 12.5 Å². The Hall–Kier alpha value is -0.850. The Morgan fingerprint density at radius 3 is 2.73 bits per heavy atom. The van der Waals surface area contributed by atoms with E-state index in [-0.39, 0.29) is 42.9 Å². The first-order valence-corrected chi connectivity index (χ1v) is 8.99. The zero-order valence-corrected chi connectivity index (χ0v) is 17.2. The number of likely N-dealkylation sites (N-methyl/N-ethyl adjacent to an activating group) is 1. The van der Waals surface area contributed by atoms with Gasteiger partial charge in [-0.05, 0) is 31.4 Å². The van der Waals surface area contributed by atoms with E-state index in [2.05, 4.69) is 40.5 Å². The van der Waals surface area contributed by atoms with Crippen LogP contribution in [0.2, 0.25) is 0 Å². The van der Waals surface area contributed by atoms with Gasteiger partial charge in [-0.15, -0.1) is 24.8 Å². The number of ether oxygens (including phenoxy) is 1. The topological polar surface area (TPSA) is 44.8 Å². The highest BCUT2D eigenvalue weighted by atomic mass is 35.5. The van der Waals surface area contributed by atoms with Crippen LogP contribution in [0.15, 0.2) is 30.3 Å². The van der Waals surface area contributed by atoms with Gasteiger partial charge < -0.3 is 15.0 Å². The van der Waals surface area contributed by atoms with Crippen LogP contribution in [0, 0.1) is 5.92 Å². The Balaban J connectivity index is 0.00000169. The molecule has 2 saturated heterocycles. The van der Waals surface area contributed by atoms with Crippen LogP contribution in [0.3, 0.4) is 0 Å².